The fourth-order valence-corrected chi connectivity index (χ4v) is 2.79. The number of aromatic nitrogens is 2. The molecule has 0 amide bonds. The molecular weight excluding hydrogens is 268 g/mol. The smallest absolute Gasteiger partial charge is 0.327 e. The van der Waals surface area contributed by atoms with Crippen molar-refractivity contribution in [1.29, 1.82) is 5.26 Å². The third-order valence-electron chi connectivity index (χ3n) is 4.04. The van der Waals surface area contributed by atoms with E-state index in [1.165, 1.54) is 7.11 Å². The summed E-state index contributed by atoms with van der Waals surface area (Å²) in [6.07, 6.45) is 4.98. The predicted molar refractivity (Wildman–Crippen MR) is 75.0 cm³/mol. The normalized spacial score (nSPS) is 18.4. The first-order valence-electron chi connectivity index (χ1n) is 6.91. The molecule has 0 spiro atoms. The first-order valence-corrected chi connectivity index (χ1v) is 6.91. The van der Waals surface area contributed by atoms with Crippen LogP contribution in [0.15, 0.2) is 12.4 Å². The molecular formula is C15H18N4O2. The maximum absolute atomic E-state index is 12.5. The van der Waals surface area contributed by atoms with Gasteiger partial charge in [-0.3, -0.25) is 14.3 Å². The zero-order chi connectivity index (χ0) is 15.6. The van der Waals surface area contributed by atoms with Crippen LogP contribution in [0.5, 0.6) is 0 Å². The van der Waals surface area contributed by atoms with Crippen molar-refractivity contribution in [2.24, 2.45) is 5.92 Å². The second kappa shape index (κ2) is 5.57. The first kappa shape index (κ1) is 15.1. The van der Waals surface area contributed by atoms with Crippen molar-refractivity contribution in [3.63, 3.8) is 0 Å². The summed E-state index contributed by atoms with van der Waals surface area (Å²) in [5.41, 5.74) is -0.619. The van der Waals surface area contributed by atoms with Gasteiger partial charge in [-0.05, 0) is 32.6 Å². The molecule has 1 saturated carbocycles. The van der Waals surface area contributed by atoms with Crippen LogP contribution in [0.1, 0.15) is 38.3 Å². The van der Waals surface area contributed by atoms with Crippen LogP contribution >= 0.6 is 0 Å². The van der Waals surface area contributed by atoms with Gasteiger partial charge in [0.1, 0.15) is 0 Å². The van der Waals surface area contributed by atoms with Crippen LogP contribution in [-0.4, -0.2) is 28.9 Å². The van der Waals surface area contributed by atoms with Crippen LogP contribution in [0.25, 0.3) is 4.85 Å². The number of nitriles is 1. The van der Waals surface area contributed by atoms with Crippen LogP contribution in [0.2, 0.25) is 0 Å². The van der Waals surface area contributed by atoms with Crippen molar-refractivity contribution in [2.45, 2.75) is 44.2 Å². The van der Waals surface area contributed by atoms with E-state index in [0.717, 1.165) is 12.8 Å². The lowest BCUT2D eigenvalue weighted by Crippen LogP contribution is -2.47. The number of esters is 1. The Morgan fingerprint density at radius 1 is 1.67 bits per heavy atom. The molecule has 21 heavy (non-hydrogen) atoms. The Bertz CT molecular complexity index is 604. The highest BCUT2D eigenvalue weighted by molar-refractivity contribution is 5.86. The lowest BCUT2D eigenvalue weighted by Gasteiger charge is -2.27. The summed E-state index contributed by atoms with van der Waals surface area (Å²) in [5, 5.41) is 13.6. The molecule has 0 saturated heterocycles. The Kier molecular flexibility index (Phi) is 3.99. The third-order valence-corrected chi connectivity index (χ3v) is 4.04. The largest absolute Gasteiger partial charge is 0.468 e. The molecule has 0 radical (unpaired) electrons. The molecule has 1 aromatic rings. The van der Waals surface area contributed by atoms with Crippen molar-refractivity contribution < 1.29 is 9.53 Å². The Hall–Kier alpha value is -2.34. The first-order chi connectivity index (χ1) is 10.0. The maximum atomic E-state index is 12.5. The molecule has 1 aliphatic rings. The van der Waals surface area contributed by atoms with E-state index in [-0.39, 0.29) is 12.0 Å². The molecule has 6 heteroatoms. The van der Waals surface area contributed by atoms with Crippen LogP contribution in [0.3, 0.4) is 0 Å². The van der Waals surface area contributed by atoms with Crippen LogP contribution in [-0.2, 0) is 14.9 Å². The Labute approximate surface area is 124 Å². The molecule has 0 aromatic carbocycles. The van der Waals surface area contributed by atoms with E-state index in [0.29, 0.717) is 5.56 Å². The highest BCUT2D eigenvalue weighted by Crippen LogP contribution is 2.51. The van der Waals surface area contributed by atoms with E-state index in [9.17, 15) is 10.1 Å². The summed E-state index contributed by atoms with van der Waals surface area (Å²) in [5.74, 6) is -0.552. The van der Waals surface area contributed by atoms with Crippen molar-refractivity contribution in [2.75, 3.05) is 7.11 Å². The van der Waals surface area contributed by atoms with Crippen LogP contribution in [0, 0.1) is 23.8 Å². The fourth-order valence-electron chi connectivity index (χ4n) is 2.79. The standard InChI is InChI=1S/C15H18N4O2/c1-10(2)19-9-12(8-18-19)15(11-5-6-11,14(20)21-4)13(7-16)17-3/h8-11,13H,5-6H2,1-2,4H3. The molecule has 1 heterocycles. The Balaban J connectivity index is 2.61. The number of ether oxygens (including phenoxy) is 1. The number of carbonyl (C=O) groups excluding carboxylic acids is 1. The van der Waals surface area contributed by atoms with Crippen molar-refractivity contribution >= 4 is 5.97 Å². The summed E-state index contributed by atoms with van der Waals surface area (Å²) < 4.78 is 6.69. The van der Waals surface area contributed by atoms with Crippen LogP contribution in [0.4, 0.5) is 0 Å². The second-order valence-corrected chi connectivity index (χ2v) is 5.60. The summed E-state index contributed by atoms with van der Waals surface area (Å²) in [7, 11) is 1.30. The second-order valence-electron chi connectivity index (χ2n) is 5.60. The molecule has 1 fully saturated rings. The van der Waals surface area contributed by atoms with E-state index in [2.05, 4.69) is 9.94 Å². The predicted octanol–water partition coefficient (Wildman–Crippen LogP) is 2.10. The number of hydrogen-bond acceptors (Lipinski definition) is 4. The number of rotatable bonds is 5. The van der Waals surface area contributed by atoms with Gasteiger partial charge < -0.3 is 4.74 Å². The van der Waals surface area contributed by atoms with E-state index in [1.807, 2.05) is 19.9 Å². The topological polar surface area (TPSA) is 72.3 Å². The van der Waals surface area contributed by atoms with Gasteiger partial charge in [-0.1, -0.05) is 0 Å². The molecule has 0 N–H and O–H groups in total. The van der Waals surface area contributed by atoms with E-state index in [4.69, 9.17) is 11.3 Å². The van der Waals surface area contributed by atoms with Crippen molar-refractivity contribution in [3.8, 4) is 6.07 Å². The highest BCUT2D eigenvalue weighted by atomic mass is 16.5. The Morgan fingerprint density at radius 3 is 2.71 bits per heavy atom. The van der Waals surface area contributed by atoms with Crippen molar-refractivity contribution in [3.05, 3.63) is 29.4 Å². The van der Waals surface area contributed by atoms with E-state index < -0.39 is 17.4 Å². The van der Waals surface area contributed by atoms with Crippen molar-refractivity contribution in [1.82, 2.24) is 9.78 Å². The molecule has 0 bridgehead atoms. The summed E-state index contributed by atoms with van der Waals surface area (Å²) in [6.45, 7) is 11.3. The fraction of sp³-hybridized carbons (Fsp3) is 0.600. The average molecular weight is 286 g/mol. The lowest BCUT2D eigenvalue weighted by atomic mass is 9.71. The van der Waals surface area contributed by atoms with Gasteiger partial charge in [-0.2, -0.15) is 10.4 Å². The number of nitrogens with zero attached hydrogens (tertiary/aromatic N) is 4. The third kappa shape index (κ3) is 2.27. The molecule has 2 atom stereocenters. The summed E-state index contributed by atoms with van der Waals surface area (Å²) in [6, 6.07) is 1.02. The van der Waals surface area contributed by atoms with E-state index in [1.54, 1.807) is 17.1 Å². The SMILES string of the molecule is [C-]#[N+]C(C#N)C(C(=O)OC)(c1cnn(C(C)C)c1)C1CC1. The number of carbonyl (C=O) groups is 1. The monoisotopic (exact) mass is 286 g/mol. The molecule has 1 aromatic heterocycles. The van der Waals surface area contributed by atoms with Gasteiger partial charge in [-0.15, -0.1) is 0 Å². The number of hydrogen-bond donors (Lipinski definition) is 0. The Morgan fingerprint density at radius 2 is 2.33 bits per heavy atom. The van der Waals surface area contributed by atoms with Crippen LogP contribution < -0.4 is 0 Å². The van der Waals surface area contributed by atoms with Gasteiger partial charge in [0.2, 0.25) is 0 Å². The van der Waals surface area contributed by atoms with Gasteiger partial charge in [0, 0.05) is 17.8 Å². The van der Waals surface area contributed by atoms with E-state index >= 15 is 0 Å². The van der Waals surface area contributed by atoms with Gasteiger partial charge in [0.05, 0.1) is 13.3 Å². The quantitative estimate of drug-likeness (QED) is 0.614. The minimum Gasteiger partial charge on any atom is -0.468 e. The van der Waals surface area contributed by atoms with Gasteiger partial charge >= 0.3 is 12.0 Å². The lowest BCUT2D eigenvalue weighted by molar-refractivity contribution is -0.148. The molecule has 1 aliphatic carbocycles. The highest BCUT2D eigenvalue weighted by Gasteiger charge is 2.63. The molecule has 110 valence electrons. The van der Waals surface area contributed by atoms with Gasteiger partial charge in [0.25, 0.3) is 0 Å². The minimum atomic E-state index is -1.22. The summed E-state index contributed by atoms with van der Waals surface area (Å²) in [4.78, 5) is 15.9. The number of methoxy groups -OCH3 is 1. The van der Waals surface area contributed by atoms with Gasteiger partial charge in [-0.25, -0.2) is 6.57 Å². The molecule has 6 nitrogen and oxygen atoms in total. The maximum Gasteiger partial charge on any atom is 0.327 e. The van der Waals surface area contributed by atoms with Gasteiger partial charge in [0.15, 0.2) is 11.5 Å². The minimum absolute atomic E-state index is 0.0338. The molecule has 0 aliphatic heterocycles. The summed E-state index contributed by atoms with van der Waals surface area (Å²) >= 11 is 0. The molecule has 2 rings (SSSR count). The zero-order valence-electron chi connectivity index (χ0n) is 12.4. The average Bonchev–Trinajstić information content (AvgIpc) is 3.20. The molecule has 2 unspecified atom stereocenters. The zero-order valence-corrected chi connectivity index (χ0v) is 12.4.